The molecule has 0 aromatic heterocycles. The van der Waals surface area contributed by atoms with Crippen LogP contribution in [-0.4, -0.2) is 50.9 Å². The van der Waals surface area contributed by atoms with Gasteiger partial charge in [-0.2, -0.15) is 0 Å². The molecular weight excluding hydrogens is 622 g/mol. The van der Waals surface area contributed by atoms with Gasteiger partial charge in [-0.3, -0.25) is 13.9 Å². The molecule has 4 aromatic carbocycles. The number of hydrogen-bond donors (Lipinski definition) is 1. The average Bonchev–Trinajstić information content (AvgIpc) is 3.05. The number of halogens is 1. The summed E-state index contributed by atoms with van der Waals surface area (Å²) < 4.78 is 34.7. The van der Waals surface area contributed by atoms with E-state index in [1.54, 1.807) is 54.6 Å². The molecule has 46 heavy (non-hydrogen) atoms. The highest BCUT2D eigenvalue weighted by molar-refractivity contribution is 7.92. The van der Waals surface area contributed by atoms with Gasteiger partial charge in [-0.15, -0.1) is 0 Å². The fourth-order valence-corrected chi connectivity index (χ4v) is 6.57. The third kappa shape index (κ3) is 8.89. The van der Waals surface area contributed by atoms with Crippen LogP contribution in [-0.2, 0) is 32.6 Å². The van der Waals surface area contributed by atoms with E-state index in [4.69, 9.17) is 16.3 Å². The second-order valence-corrected chi connectivity index (χ2v) is 13.5. The number of hydrogen-bond acceptors (Lipinski definition) is 5. The number of benzene rings is 4. The Balaban J connectivity index is 1.81. The molecular formula is C36H40ClN3O5S. The van der Waals surface area contributed by atoms with Crippen molar-refractivity contribution in [3.8, 4) is 5.75 Å². The van der Waals surface area contributed by atoms with Crippen LogP contribution in [0.1, 0.15) is 37.0 Å². The molecule has 2 atom stereocenters. The van der Waals surface area contributed by atoms with Gasteiger partial charge in [0.25, 0.3) is 10.0 Å². The number of carbonyl (C=O) groups is 2. The summed E-state index contributed by atoms with van der Waals surface area (Å²) in [5.41, 5.74) is 2.73. The monoisotopic (exact) mass is 661 g/mol. The van der Waals surface area contributed by atoms with Crippen LogP contribution in [0.2, 0.25) is 5.02 Å². The van der Waals surface area contributed by atoms with Gasteiger partial charge in [0.15, 0.2) is 0 Å². The Bertz CT molecular complexity index is 1720. The maximum Gasteiger partial charge on any atom is 0.264 e. The van der Waals surface area contributed by atoms with Gasteiger partial charge < -0.3 is 15.0 Å². The fourth-order valence-electron chi connectivity index (χ4n) is 4.94. The normalized spacial score (nSPS) is 12.5. The van der Waals surface area contributed by atoms with E-state index in [2.05, 4.69) is 5.32 Å². The molecule has 0 aliphatic carbocycles. The molecule has 1 N–H and O–H groups in total. The molecule has 0 bridgehead atoms. The first kappa shape index (κ1) is 34.5. The van der Waals surface area contributed by atoms with Crippen molar-refractivity contribution in [3.05, 3.63) is 125 Å². The third-order valence-corrected chi connectivity index (χ3v) is 9.79. The summed E-state index contributed by atoms with van der Waals surface area (Å²) in [6.45, 7) is 5.22. The van der Waals surface area contributed by atoms with Gasteiger partial charge in [-0.1, -0.05) is 78.7 Å². The van der Waals surface area contributed by atoms with Crippen LogP contribution in [0.5, 0.6) is 5.75 Å². The van der Waals surface area contributed by atoms with Gasteiger partial charge in [0.2, 0.25) is 11.8 Å². The van der Waals surface area contributed by atoms with Crippen molar-refractivity contribution in [2.24, 2.45) is 0 Å². The molecule has 0 saturated heterocycles. The van der Waals surface area contributed by atoms with Crippen molar-refractivity contribution in [2.75, 3.05) is 18.0 Å². The molecule has 0 aliphatic rings. The number of amides is 2. The number of aryl methyl sites for hydroxylation is 1. The Morgan fingerprint density at radius 3 is 2.15 bits per heavy atom. The molecule has 0 saturated carbocycles. The van der Waals surface area contributed by atoms with Crippen LogP contribution >= 0.6 is 11.6 Å². The van der Waals surface area contributed by atoms with E-state index in [1.165, 1.54) is 24.1 Å². The molecule has 8 nitrogen and oxygen atoms in total. The van der Waals surface area contributed by atoms with Crippen LogP contribution in [0.25, 0.3) is 0 Å². The zero-order chi connectivity index (χ0) is 33.3. The summed E-state index contributed by atoms with van der Waals surface area (Å²) in [6, 6.07) is 28.3. The van der Waals surface area contributed by atoms with Crippen molar-refractivity contribution in [3.63, 3.8) is 0 Å². The van der Waals surface area contributed by atoms with Crippen molar-refractivity contribution >= 4 is 39.1 Å². The highest BCUT2D eigenvalue weighted by Gasteiger charge is 2.35. The summed E-state index contributed by atoms with van der Waals surface area (Å²) in [4.78, 5) is 30.0. The first-order valence-corrected chi connectivity index (χ1v) is 16.9. The lowest BCUT2D eigenvalue weighted by Crippen LogP contribution is -2.54. The maximum absolute atomic E-state index is 14.5. The quantitative estimate of drug-likeness (QED) is 0.169. The Morgan fingerprint density at radius 1 is 0.891 bits per heavy atom. The molecule has 0 heterocycles. The van der Waals surface area contributed by atoms with Crippen LogP contribution < -0.4 is 14.4 Å². The molecule has 2 amide bonds. The van der Waals surface area contributed by atoms with Crippen molar-refractivity contribution in [2.45, 2.75) is 57.1 Å². The second-order valence-electron chi connectivity index (χ2n) is 11.2. The Kier molecular flexibility index (Phi) is 11.8. The molecule has 0 aliphatic heterocycles. The summed E-state index contributed by atoms with van der Waals surface area (Å²) in [5.74, 6) is -0.340. The smallest absolute Gasteiger partial charge is 0.264 e. The number of ether oxygens (including phenoxy) is 1. The first-order valence-electron chi connectivity index (χ1n) is 15.1. The van der Waals surface area contributed by atoms with E-state index in [1.807, 2.05) is 57.2 Å². The minimum Gasteiger partial charge on any atom is -0.497 e. The lowest BCUT2D eigenvalue weighted by molar-refractivity contribution is -0.140. The van der Waals surface area contributed by atoms with Crippen LogP contribution in [0.3, 0.4) is 0 Å². The second kappa shape index (κ2) is 15.8. The third-order valence-electron chi connectivity index (χ3n) is 7.76. The number of nitrogens with one attached hydrogen (secondary N) is 1. The summed E-state index contributed by atoms with van der Waals surface area (Å²) in [7, 11) is -2.68. The predicted molar refractivity (Wildman–Crippen MR) is 183 cm³/mol. The van der Waals surface area contributed by atoms with Gasteiger partial charge in [-0.25, -0.2) is 8.42 Å². The topological polar surface area (TPSA) is 96.0 Å². The molecule has 0 unspecified atom stereocenters. The van der Waals surface area contributed by atoms with E-state index in [0.717, 1.165) is 15.4 Å². The molecule has 10 heteroatoms. The van der Waals surface area contributed by atoms with Crippen molar-refractivity contribution in [1.82, 2.24) is 10.2 Å². The largest absolute Gasteiger partial charge is 0.497 e. The van der Waals surface area contributed by atoms with E-state index < -0.39 is 28.5 Å². The molecule has 0 spiro atoms. The minimum atomic E-state index is -4.20. The Morgan fingerprint density at radius 2 is 1.54 bits per heavy atom. The van der Waals surface area contributed by atoms with Gasteiger partial charge in [0.1, 0.15) is 18.3 Å². The summed E-state index contributed by atoms with van der Waals surface area (Å²) >= 11 is 6.31. The van der Waals surface area contributed by atoms with E-state index in [9.17, 15) is 18.0 Å². The minimum absolute atomic E-state index is 0.0336. The molecule has 0 radical (unpaired) electrons. The van der Waals surface area contributed by atoms with E-state index >= 15 is 0 Å². The number of rotatable bonds is 14. The van der Waals surface area contributed by atoms with E-state index in [0.29, 0.717) is 22.8 Å². The maximum atomic E-state index is 14.5. The highest BCUT2D eigenvalue weighted by atomic mass is 35.5. The molecule has 0 fully saturated rings. The first-order chi connectivity index (χ1) is 22.0. The van der Waals surface area contributed by atoms with Crippen LogP contribution in [0.15, 0.2) is 108 Å². The lowest BCUT2D eigenvalue weighted by Gasteiger charge is -2.34. The fraction of sp³-hybridized carbons (Fsp3) is 0.278. The number of anilines is 1. The SMILES string of the molecule is CC[C@@H](C)NC(=O)[C@H](Cc1ccccc1)N(Cc1cccc(Cl)c1)C(=O)CN(c1ccc(OC)cc1)S(=O)(=O)c1ccc(C)cc1. The Labute approximate surface area is 277 Å². The van der Waals surface area contributed by atoms with Crippen molar-refractivity contribution in [1.29, 1.82) is 0 Å². The van der Waals surface area contributed by atoms with Gasteiger partial charge in [0.05, 0.1) is 17.7 Å². The van der Waals surface area contributed by atoms with Crippen LogP contribution in [0.4, 0.5) is 5.69 Å². The standard InChI is InChI=1S/C36H40ClN3O5S/c1-5-27(3)38-36(42)34(23-28-10-7-6-8-11-28)39(24-29-12-9-13-30(37)22-29)35(41)25-40(31-16-18-32(45-4)19-17-31)46(43,44)33-20-14-26(2)15-21-33/h6-22,27,34H,5,23-25H2,1-4H3,(H,38,42)/t27-,34+/m1/s1. The zero-order valence-electron chi connectivity index (χ0n) is 26.5. The number of sulfonamides is 1. The predicted octanol–water partition coefficient (Wildman–Crippen LogP) is 6.41. The molecule has 4 aromatic rings. The molecule has 242 valence electrons. The van der Waals surface area contributed by atoms with Crippen molar-refractivity contribution < 1.29 is 22.7 Å². The zero-order valence-corrected chi connectivity index (χ0v) is 28.1. The highest BCUT2D eigenvalue weighted by Crippen LogP contribution is 2.27. The average molecular weight is 662 g/mol. The van der Waals surface area contributed by atoms with Gasteiger partial charge in [0, 0.05) is 24.0 Å². The van der Waals surface area contributed by atoms with Crippen LogP contribution in [0, 0.1) is 6.92 Å². The summed E-state index contributed by atoms with van der Waals surface area (Å²) in [6.07, 6.45) is 0.925. The lowest BCUT2D eigenvalue weighted by atomic mass is 10.0. The van der Waals surface area contributed by atoms with Gasteiger partial charge in [-0.05, 0) is 79.9 Å². The Hall–Kier alpha value is -4.34. The number of carbonyl (C=O) groups excluding carboxylic acids is 2. The summed E-state index contributed by atoms with van der Waals surface area (Å²) in [5, 5.41) is 3.52. The number of methoxy groups -OCH3 is 1. The van der Waals surface area contributed by atoms with E-state index in [-0.39, 0.29) is 35.5 Å². The number of nitrogens with zero attached hydrogens (tertiary/aromatic N) is 2. The van der Waals surface area contributed by atoms with Gasteiger partial charge >= 0.3 is 0 Å². The molecule has 4 rings (SSSR count).